The first-order valence-corrected chi connectivity index (χ1v) is 8.37. The minimum absolute atomic E-state index is 0.0522. The third kappa shape index (κ3) is 2.92. The largest absolute Gasteiger partial charge is 0.454 e. The first-order chi connectivity index (χ1) is 13.1. The standard InChI is InChI=1S/C18H16N4O5/c1-2-20(10-12-6-7-13-14(9-12)27-11-26-13)17-16(22(24)25)18(23)21-8-4-3-5-15(21)19-17/h3-9H,2,10-11H2,1H3. The second kappa shape index (κ2) is 6.60. The Labute approximate surface area is 153 Å². The van der Waals surface area contributed by atoms with Gasteiger partial charge in [-0.25, -0.2) is 4.98 Å². The van der Waals surface area contributed by atoms with Crippen molar-refractivity contribution in [2.75, 3.05) is 18.2 Å². The molecule has 0 bridgehead atoms. The molecule has 0 atom stereocenters. The fraction of sp³-hybridized carbons (Fsp3) is 0.222. The molecule has 0 radical (unpaired) electrons. The first kappa shape index (κ1) is 16.8. The van der Waals surface area contributed by atoms with E-state index in [0.29, 0.717) is 30.2 Å². The van der Waals surface area contributed by atoms with E-state index in [2.05, 4.69) is 4.98 Å². The molecule has 0 amide bonds. The Morgan fingerprint density at radius 2 is 2.07 bits per heavy atom. The monoisotopic (exact) mass is 368 g/mol. The molecule has 2 aromatic heterocycles. The van der Waals surface area contributed by atoms with Crippen LogP contribution in [0.2, 0.25) is 0 Å². The summed E-state index contributed by atoms with van der Waals surface area (Å²) in [7, 11) is 0. The van der Waals surface area contributed by atoms with Crippen LogP contribution in [0.25, 0.3) is 5.65 Å². The van der Waals surface area contributed by atoms with E-state index in [9.17, 15) is 14.9 Å². The number of fused-ring (bicyclic) bond motifs is 2. The van der Waals surface area contributed by atoms with Gasteiger partial charge in [-0.15, -0.1) is 0 Å². The van der Waals surface area contributed by atoms with Crippen LogP contribution < -0.4 is 19.9 Å². The van der Waals surface area contributed by atoms with Crippen LogP contribution in [0.3, 0.4) is 0 Å². The van der Waals surface area contributed by atoms with Gasteiger partial charge in [0.2, 0.25) is 12.6 Å². The van der Waals surface area contributed by atoms with Gasteiger partial charge >= 0.3 is 11.2 Å². The molecule has 138 valence electrons. The van der Waals surface area contributed by atoms with Gasteiger partial charge in [-0.1, -0.05) is 12.1 Å². The number of aromatic nitrogens is 2. The lowest BCUT2D eigenvalue weighted by Crippen LogP contribution is -2.29. The molecule has 9 nitrogen and oxygen atoms in total. The minimum Gasteiger partial charge on any atom is -0.454 e. The van der Waals surface area contributed by atoms with Crippen molar-refractivity contribution in [1.29, 1.82) is 0 Å². The average molecular weight is 368 g/mol. The van der Waals surface area contributed by atoms with E-state index in [1.54, 1.807) is 29.2 Å². The van der Waals surface area contributed by atoms with Crippen molar-refractivity contribution in [3.8, 4) is 11.5 Å². The Hall–Kier alpha value is -3.62. The van der Waals surface area contributed by atoms with E-state index < -0.39 is 16.2 Å². The number of hydrogen-bond acceptors (Lipinski definition) is 7. The lowest BCUT2D eigenvalue weighted by atomic mass is 10.2. The lowest BCUT2D eigenvalue weighted by molar-refractivity contribution is -0.385. The summed E-state index contributed by atoms with van der Waals surface area (Å²) in [5, 5.41) is 11.6. The number of benzene rings is 1. The van der Waals surface area contributed by atoms with Crippen LogP contribution in [0.4, 0.5) is 11.5 Å². The molecule has 4 rings (SSSR count). The quantitative estimate of drug-likeness (QED) is 0.503. The SMILES string of the molecule is CCN(Cc1ccc2c(c1)OCO2)c1nc2ccccn2c(=O)c1[N+](=O)[O-]. The Bertz CT molecular complexity index is 1090. The Morgan fingerprint density at radius 1 is 1.26 bits per heavy atom. The number of rotatable bonds is 5. The number of nitrogens with zero attached hydrogens (tertiary/aromatic N) is 4. The molecule has 1 aromatic carbocycles. The summed E-state index contributed by atoms with van der Waals surface area (Å²) < 4.78 is 11.9. The summed E-state index contributed by atoms with van der Waals surface area (Å²) in [6.07, 6.45) is 1.47. The maximum Gasteiger partial charge on any atom is 0.376 e. The smallest absolute Gasteiger partial charge is 0.376 e. The zero-order chi connectivity index (χ0) is 19.0. The van der Waals surface area contributed by atoms with Crippen molar-refractivity contribution in [1.82, 2.24) is 9.38 Å². The molecule has 3 heterocycles. The van der Waals surface area contributed by atoms with E-state index in [1.165, 1.54) is 10.6 Å². The van der Waals surface area contributed by atoms with Gasteiger partial charge in [-0.3, -0.25) is 19.3 Å². The topological polar surface area (TPSA) is 99.2 Å². The zero-order valence-corrected chi connectivity index (χ0v) is 14.5. The Kier molecular flexibility index (Phi) is 4.11. The summed E-state index contributed by atoms with van der Waals surface area (Å²) in [6.45, 7) is 2.80. The highest BCUT2D eigenvalue weighted by molar-refractivity contribution is 5.61. The molecule has 9 heteroatoms. The predicted molar refractivity (Wildman–Crippen MR) is 97.4 cm³/mol. The first-order valence-electron chi connectivity index (χ1n) is 8.37. The second-order valence-corrected chi connectivity index (χ2v) is 5.98. The van der Waals surface area contributed by atoms with Gasteiger partial charge in [0.25, 0.3) is 0 Å². The van der Waals surface area contributed by atoms with E-state index in [4.69, 9.17) is 9.47 Å². The highest BCUT2D eigenvalue weighted by atomic mass is 16.7. The highest BCUT2D eigenvalue weighted by Gasteiger charge is 2.27. The zero-order valence-electron chi connectivity index (χ0n) is 14.5. The highest BCUT2D eigenvalue weighted by Crippen LogP contribution is 2.33. The molecule has 27 heavy (non-hydrogen) atoms. The Morgan fingerprint density at radius 3 is 2.85 bits per heavy atom. The van der Waals surface area contributed by atoms with E-state index in [0.717, 1.165) is 5.56 Å². The van der Waals surface area contributed by atoms with Crippen LogP contribution in [0, 0.1) is 10.1 Å². The lowest BCUT2D eigenvalue weighted by Gasteiger charge is -2.22. The Balaban J connectivity index is 1.80. The summed E-state index contributed by atoms with van der Waals surface area (Å²) in [4.78, 5) is 29.6. The molecule has 0 fully saturated rings. The van der Waals surface area contributed by atoms with Crippen LogP contribution >= 0.6 is 0 Å². The average Bonchev–Trinajstić information content (AvgIpc) is 3.13. The summed E-state index contributed by atoms with van der Waals surface area (Å²) in [6, 6.07) is 10.5. The maximum absolute atomic E-state index is 12.6. The van der Waals surface area contributed by atoms with E-state index in [1.807, 2.05) is 19.1 Å². The molecular formula is C18H16N4O5. The summed E-state index contributed by atoms with van der Waals surface area (Å²) in [5.41, 5.74) is -0.0243. The molecule has 0 N–H and O–H groups in total. The minimum atomic E-state index is -0.704. The van der Waals surface area contributed by atoms with Gasteiger partial charge < -0.3 is 14.4 Å². The van der Waals surface area contributed by atoms with Crippen molar-refractivity contribution in [2.24, 2.45) is 0 Å². The number of ether oxygens (including phenoxy) is 2. The van der Waals surface area contributed by atoms with Crippen molar-refractivity contribution in [3.63, 3.8) is 0 Å². The van der Waals surface area contributed by atoms with Crippen LogP contribution in [-0.4, -0.2) is 27.6 Å². The molecule has 0 spiro atoms. The number of nitro groups is 1. The van der Waals surface area contributed by atoms with Gasteiger partial charge in [0.1, 0.15) is 5.65 Å². The van der Waals surface area contributed by atoms with E-state index in [-0.39, 0.29) is 12.6 Å². The second-order valence-electron chi connectivity index (χ2n) is 5.98. The van der Waals surface area contributed by atoms with Gasteiger partial charge in [0, 0.05) is 19.3 Å². The van der Waals surface area contributed by atoms with Gasteiger partial charge in [0.15, 0.2) is 11.5 Å². The van der Waals surface area contributed by atoms with Crippen molar-refractivity contribution in [3.05, 3.63) is 68.6 Å². The van der Waals surface area contributed by atoms with E-state index >= 15 is 0 Å². The maximum atomic E-state index is 12.6. The molecule has 3 aromatic rings. The van der Waals surface area contributed by atoms with Crippen molar-refractivity contribution >= 4 is 17.2 Å². The third-order valence-corrected chi connectivity index (χ3v) is 4.37. The van der Waals surface area contributed by atoms with Gasteiger partial charge in [-0.05, 0) is 36.8 Å². The van der Waals surface area contributed by atoms with Gasteiger partial charge in [0.05, 0.1) is 4.92 Å². The van der Waals surface area contributed by atoms with Crippen molar-refractivity contribution < 1.29 is 14.4 Å². The summed E-state index contributed by atoms with van der Waals surface area (Å²) >= 11 is 0. The molecule has 0 unspecified atom stereocenters. The van der Waals surface area contributed by atoms with Crippen LogP contribution in [-0.2, 0) is 6.54 Å². The molecular weight excluding hydrogens is 352 g/mol. The van der Waals surface area contributed by atoms with Crippen LogP contribution in [0.1, 0.15) is 12.5 Å². The van der Waals surface area contributed by atoms with Crippen LogP contribution in [0.5, 0.6) is 11.5 Å². The predicted octanol–water partition coefficient (Wildman–Crippen LogP) is 2.36. The third-order valence-electron chi connectivity index (χ3n) is 4.37. The molecule has 1 aliphatic heterocycles. The molecule has 0 saturated heterocycles. The molecule has 0 aliphatic carbocycles. The molecule has 1 aliphatic rings. The number of hydrogen-bond donors (Lipinski definition) is 0. The normalized spacial score (nSPS) is 12.3. The van der Waals surface area contributed by atoms with Crippen LogP contribution in [0.15, 0.2) is 47.4 Å². The fourth-order valence-corrected chi connectivity index (χ4v) is 3.04. The fourth-order valence-electron chi connectivity index (χ4n) is 3.04. The van der Waals surface area contributed by atoms with Gasteiger partial charge in [-0.2, -0.15) is 0 Å². The number of pyridine rings is 1. The van der Waals surface area contributed by atoms with Crippen molar-refractivity contribution in [2.45, 2.75) is 13.5 Å². The summed E-state index contributed by atoms with van der Waals surface area (Å²) in [5.74, 6) is 1.34. The molecule has 0 saturated carbocycles. The number of anilines is 1.